The van der Waals surface area contributed by atoms with E-state index in [0.29, 0.717) is 0 Å². The first-order valence-electron chi connectivity index (χ1n) is 4.49. The van der Waals surface area contributed by atoms with Gasteiger partial charge in [0.05, 0.1) is 0 Å². The highest BCUT2D eigenvalue weighted by atomic mass is 32.2. The van der Waals surface area contributed by atoms with Gasteiger partial charge in [0.25, 0.3) is 0 Å². The van der Waals surface area contributed by atoms with E-state index in [-0.39, 0.29) is 5.54 Å². The fourth-order valence-corrected chi connectivity index (χ4v) is 1.67. The van der Waals surface area contributed by atoms with E-state index in [1.54, 1.807) is 11.9 Å². The Labute approximate surface area is 85.1 Å². The average molecular weight is 195 g/mol. The molecule has 13 heavy (non-hydrogen) atoms. The van der Waals surface area contributed by atoms with Crippen LogP contribution < -0.4 is 4.72 Å². The fourth-order valence-electron chi connectivity index (χ4n) is 0.879. The summed E-state index contributed by atoms with van der Waals surface area (Å²) in [7, 11) is 0. The second kappa shape index (κ2) is 4.16. The van der Waals surface area contributed by atoms with Crippen LogP contribution in [0.1, 0.15) is 26.3 Å². The normalized spacial score (nSPS) is 11.7. The van der Waals surface area contributed by atoms with Gasteiger partial charge in [0, 0.05) is 10.4 Å². The van der Waals surface area contributed by atoms with Crippen LogP contribution in [-0.4, -0.2) is 5.54 Å². The zero-order valence-corrected chi connectivity index (χ0v) is 9.53. The highest BCUT2D eigenvalue weighted by Crippen LogP contribution is 2.21. The summed E-state index contributed by atoms with van der Waals surface area (Å²) >= 11 is 1.70. The highest BCUT2D eigenvalue weighted by molar-refractivity contribution is 7.97. The van der Waals surface area contributed by atoms with Gasteiger partial charge in [-0.05, 0) is 51.3 Å². The van der Waals surface area contributed by atoms with Gasteiger partial charge in [0.15, 0.2) is 0 Å². The molecule has 0 heterocycles. The first-order valence-corrected chi connectivity index (χ1v) is 5.30. The molecule has 0 aliphatic rings. The van der Waals surface area contributed by atoms with Crippen molar-refractivity contribution >= 4 is 11.9 Å². The molecule has 0 spiro atoms. The van der Waals surface area contributed by atoms with Crippen molar-refractivity contribution in [2.45, 2.75) is 38.1 Å². The van der Waals surface area contributed by atoms with Crippen LogP contribution in [0.25, 0.3) is 0 Å². The van der Waals surface area contributed by atoms with E-state index in [2.05, 4.69) is 56.7 Å². The van der Waals surface area contributed by atoms with Crippen LogP contribution in [0.15, 0.2) is 29.2 Å². The van der Waals surface area contributed by atoms with Crippen LogP contribution in [0.3, 0.4) is 0 Å². The maximum atomic E-state index is 3.40. The number of benzene rings is 1. The van der Waals surface area contributed by atoms with Crippen molar-refractivity contribution in [1.82, 2.24) is 4.72 Å². The number of hydrogen-bond donors (Lipinski definition) is 1. The summed E-state index contributed by atoms with van der Waals surface area (Å²) in [5.41, 5.74) is 1.48. The predicted molar refractivity (Wildman–Crippen MR) is 59.9 cm³/mol. The molecule has 0 aromatic heterocycles. The van der Waals surface area contributed by atoms with Crippen molar-refractivity contribution in [2.24, 2.45) is 0 Å². The van der Waals surface area contributed by atoms with Gasteiger partial charge in [-0.15, -0.1) is 0 Å². The predicted octanol–water partition coefficient (Wildman–Crippen LogP) is 3.39. The second-order valence-corrected chi connectivity index (χ2v) is 5.07. The lowest BCUT2D eigenvalue weighted by atomic mass is 10.1. The molecule has 1 rings (SSSR count). The molecule has 1 nitrogen and oxygen atoms in total. The Bertz CT molecular complexity index is 276. The monoisotopic (exact) mass is 195 g/mol. The first-order chi connectivity index (χ1) is 5.99. The largest absolute Gasteiger partial charge is 0.255 e. The van der Waals surface area contributed by atoms with Crippen LogP contribution in [-0.2, 0) is 0 Å². The molecule has 0 amide bonds. The minimum absolute atomic E-state index is 0.160. The Balaban J connectivity index is 2.60. The third kappa shape index (κ3) is 3.83. The second-order valence-electron chi connectivity index (χ2n) is 4.22. The lowest BCUT2D eigenvalue weighted by molar-refractivity contribution is 0.535. The quantitative estimate of drug-likeness (QED) is 0.726. The summed E-state index contributed by atoms with van der Waals surface area (Å²) < 4.78 is 3.40. The summed E-state index contributed by atoms with van der Waals surface area (Å²) in [4.78, 5) is 1.30. The minimum atomic E-state index is 0.160. The zero-order valence-electron chi connectivity index (χ0n) is 8.72. The smallest absolute Gasteiger partial charge is 0.0257 e. The van der Waals surface area contributed by atoms with Crippen molar-refractivity contribution < 1.29 is 0 Å². The molecule has 0 radical (unpaired) electrons. The van der Waals surface area contributed by atoms with Crippen molar-refractivity contribution in [2.75, 3.05) is 0 Å². The topological polar surface area (TPSA) is 12.0 Å². The van der Waals surface area contributed by atoms with Gasteiger partial charge in [-0.25, -0.2) is 0 Å². The van der Waals surface area contributed by atoms with Crippen LogP contribution >= 0.6 is 11.9 Å². The van der Waals surface area contributed by atoms with Crippen LogP contribution in [0.5, 0.6) is 0 Å². The summed E-state index contributed by atoms with van der Waals surface area (Å²) in [6.45, 7) is 8.63. The Morgan fingerprint density at radius 3 is 2.31 bits per heavy atom. The Morgan fingerprint density at radius 1 is 1.15 bits per heavy atom. The third-order valence-electron chi connectivity index (χ3n) is 1.56. The molecule has 0 bridgehead atoms. The molecule has 0 saturated heterocycles. The van der Waals surface area contributed by atoms with Crippen LogP contribution in [0, 0.1) is 6.92 Å². The maximum absolute atomic E-state index is 3.40. The Kier molecular flexibility index (Phi) is 3.40. The average Bonchev–Trinajstić information content (AvgIpc) is 2.01. The minimum Gasteiger partial charge on any atom is -0.255 e. The Hall–Kier alpha value is -0.470. The molecule has 0 aliphatic heterocycles. The Morgan fingerprint density at radius 2 is 1.77 bits per heavy atom. The summed E-state index contributed by atoms with van der Waals surface area (Å²) in [5, 5.41) is 0. The van der Waals surface area contributed by atoms with Gasteiger partial charge in [-0.3, -0.25) is 4.72 Å². The molecular weight excluding hydrogens is 178 g/mol. The van der Waals surface area contributed by atoms with Gasteiger partial charge in [0.2, 0.25) is 0 Å². The van der Waals surface area contributed by atoms with Crippen LogP contribution in [0.4, 0.5) is 0 Å². The molecule has 0 aliphatic carbocycles. The summed E-state index contributed by atoms with van der Waals surface area (Å²) in [6, 6.07) is 8.40. The van der Waals surface area contributed by atoms with Gasteiger partial charge < -0.3 is 0 Å². The number of nitrogens with one attached hydrogen (secondary N) is 1. The summed E-state index contributed by atoms with van der Waals surface area (Å²) in [5.74, 6) is 0. The van der Waals surface area contributed by atoms with Gasteiger partial charge in [0.1, 0.15) is 0 Å². The number of hydrogen-bond acceptors (Lipinski definition) is 2. The van der Waals surface area contributed by atoms with Gasteiger partial charge in [-0.1, -0.05) is 18.2 Å². The molecule has 1 N–H and O–H groups in total. The summed E-state index contributed by atoms with van der Waals surface area (Å²) in [6.07, 6.45) is 0. The molecule has 0 fully saturated rings. The van der Waals surface area contributed by atoms with Gasteiger partial charge in [-0.2, -0.15) is 0 Å². The number of rotatable bonds is 2. The third-order valence-corrected chi connectivity index (χ3v) is 2.95. The number of aryl methyl sites for hydroxylation is 1. The molecule has 0 atom stereocenters. The van der Waals surface area contributed by atoms with Gasteiger partial charge >= 0.3 is 0 Å². The van der Waals surface area contributed by atoms with E-state index in [1.165, 1.54) is 10.5 Å². The van der Waals surface area contributed by atoms with E-state index in [1.807, 2.05) is 0 Å². The van der Waals surface area contributed by atoms with E-state index in [4.69, 9.17) is 0 Å². The molecule has 0 unspecified atom stereocenters. The maximum Gasteiger partial charge on any atom is 0.0257 e. The SMILES string of the molecule is Cc1ccccc1SNC(C)(C)C. The van der Waals surface area contributed by atoms with Crippen molar-refractivity contribution in [3.8, 4) is 0 Å². The molecule has 1 aromatic rings. The first kappa shape index (κ1) is 10.6. The van der Waals surface area contributed by atoms with E-state index in [0.717, 1.165) is 0 Å². The zero-order chi connectivity index (χ0) is 9.90. The molecular formula is C11H17NS. The standard InChI is InChI=1S/C11H17NS/c1-9-7-5-6-8-10(9)13-12-11(2,3)4/h5-8,12H,1-4H3. The van der Waals surface area contributed by atoms with Crippen molar-refractivity contribution in [1.29, 1.82) is 0 Å². The van der Waals surface area contributed by atoms with Crippen molar-refractivity contribution in [3.63, 3.8) is 0 Å². The van der Waals surface area contributed by atoms with Crippen LogP contribution in [0.2, 0.25) is 0 Å². The van der Waals surface area contributed by atoms with Crippen molar-refractivity contribution in [3.05, 3.63) is 29.8 Å². The highest BCUT2D eigenvalue weighted by Gasteiger charge is 2.09. The van der Waals surface area contributed by atoms with E-state index in [9.17, 15) is 0 Å². The van der Waals surface area contributed by atoms with E-state index >= 15 is 0 Å². The molecule has 72 valence electrons. The lowest BCUT2D eigenvalue weighted by Gasteiger charge is -2.19. The molecule has 2 heteroatoms. The lowest BCUT2D eigenvalue weighted by Crippen LogP contribution is -2.29. The molecule has 0 saturated carbocycles. The van der Waals surface area contributed by atoms with E-state index < -0.39 is 0 Å². The molecule has 1 aromatic carbocycles. The fraction of sp³-hybridized carbons (Fsp3) is 0.455.